The van der Waals surface area contributed by atoms with E-state index >= 15 is 0 Å². The third kappa shape index (κ3) is 2.99. The van der Waals surface area contributed by atoms with Crippen molar-refractivity contribution in [3.05, 3.63) is 57.6 Å². The molecular weight excluding hydrogens is 380 g/mol. The number of fused-ring (bicyclic) bond motifs is 1. The van der Waals surface area contributed by atoms with Crippen molar-refractivity contribution >= 4 is 28.2 Å². The molecule has 0 bridgehead atoms. The molecule has 0 saturated carbocycles. The molecule has 0 unspecified atom stereocenters. The molecule has 8 heteroatoms. The molecule has 0 spiro atoms. The maximum atomic E-state index is 13.0. The Bertz CT molecular complexity index is 1240. The average molecular weight is 396 g/mol. The Hall–Kier alpha value is -3.32. The highest BCUT2D eigenvalue weighted by Gasteiger charge is 2.16. The van der Waals surface area contributed by atoms with Gasteiger partial charge in [0.1, 0.15) is 0 Å². The number of hydrogen-bond acceptors (Lipinski definition) is 6. The van der Waals surface area contributed by atoms with E-state index in [9.17, 15) is 9.90 Å². The Balaban J connectivity index is 1.92. The van der Waals surface area contributed by atoms with Gasteiger partial charge in [-0.15, -0.1) is 0 Å². The van der Waals surface area contributed by atoms with Crippen molar-refractivity contribution in [3.63, 3.8) is 0 Å². The molecule has 28 heavy (non-hydrogen) atoms. The molecular formula is C20H16ClN4O3-. The van der Waals surface area contributed by atoms with Crippen molar-refractivity contribution in [2.45, 2.75) is 6.92 Å². The van der Waals surface area contributed by atoms with E-state index in [0.717, 1.165) is 11.3 Å². The largest absolute Gasteiger partial charge is 0.871 e. The first-order valence-corrected chi connectivity index (χ1v) is 8.88. The van der Waals surface area contributed by atoms with Gasteiger partial charge in [-0.05, 0) is 42.1 Å². The van der Waals surface area contributed by atoms with Gasteiger partial charge in [0.25, 0.3) is 11.4 Å². The Morgan fingerprint density at radius 1 is 1.18 bits per heavy atom. The number of aromatic nitrogens is 3. The van der Waals surface area contributed by atoms with Gasteiger partial charge in [0, 0.05) is 30.9 Å². The summed E-state index contributed by atoms with van der Waals surface area (Å²) in [5.41, 5.74) is 2.18. The van der Waals surface area contributed by atoms with E-state index in [1.165, 1.54) is 0 Å². The van der Waals surface area contributed by atoms with Crippen LogP contribution in [0, 0.1) is 6.92 Å². The third-order valence-electron chi connectivity index (χ3n) is 4.49. The van der Waals surface area contributed by atoms with Gasteiger partial charge in [-0.3, -0.25) is 4.79 Å². The molecule has 4 aromatic rings. The summed E-state index contributed by atoms with van der Waals surface area (Å²) in [5.74, 6) is -0.241. The summed E-state index contributed by atoms with van der Waals surface area (Å²) >= 11 is 6.43. The second-order valence-corrected chi connectivity index (χ2v) is 7.03. The Kier molecular flexibility index (Phi) is 4.31. The average Bonchev–Trinajstić information content (AvgIpc) is 3.07. The van der Waals surface area contributed by atoms with E-state index < -0.39 is 11.3 Å². The number of aromatic amines is 1. The number of halogens is 1. The van der Waals surface area contributed by atoms with Crippen LogP contribution in [0.2, 0.25) is 5.02 Å². The number of H-pyrrole nitrogens is 1. The van der Waals surface area contributed by atoms with Crippen LogP contribution < -0.4 is 15.6 Å². The lowest BCUT2D eigenvalue weighted by atomic mass is 10.0. The molecule has 0 atom stereocenters. The monoisotopic (exact) mass is 395 g/mol. The van der Waals surface area contributed by atoms with Crippen molar-refractivity contribution in [2.75, 3.05) is 19.0 Å². The first kappa shape index (κ1) is 18.1. The van der Waals surface area contributed by atoms with Crippen LogP contribution in [0.3, 0.4) is 0 Å². The lowest BCUT2D eigenvalue weighted by Crippen LogP contribution is -2.13. The number of hydrogen-bond donors (Lipinski definition) is 1. The summed E-state index contributed by atoms with van der Waals surface area (Å²) < 4.78 is 5.02. The maximum Gasteiger partial charge on any atom is 0.262 e. The van der Waals surface area contributed by atoms with E-state index in [1.54, 1.807) is 19.1 Å². The topological polar surface area (TPSA) is 98.1 Å². The SMILES string of the molecule is Cc1noc(-c2c([O-])c3cc(-c4ccc(N(C)C)cc4)c(Cl)cc3[nH]c2=O)n1. The van der Waals surface area contributed by atoms with E-state index in [4.69, 9.17) is 16.1 Å². The summed E-state index contributed by atoms with van der Waals surface area (Å²) in [7, 11) is 3.91. The van der Waals surface area contributed by atoms with Gasteiger partial charge in [0.15, 0.2) is 5.82 Å². The van der Waals surface area contributed by atoms with Crippen LogP contribution in [0.1, 0.15) is 5.82 Å². The first-order chi connectivity index (χ1) is 13.3. The highest BCUT2D eigenvalue weighted by Crippen LogP contribution is 2.36. The molecule has 0 aliphatic carbocycles. The Morgan fingerprint density at radius 3 is 2.50 bits per heavy atom. The van der Waals surface area contributed by atoms with Crippen LogP contribution in [0.4, 0.5) is 5.69 Å². The minimum absolute atomic E-state index is 0.0996. The van der Waals surface area contributed by atoms with Crippen LogP contribution in [0.5, 0.6) is 5.75 Å². The minimum Gasteiger partial charge on any atom is -0.871 e. The minimum atomic E-state index is -0.597. The molecule has 0 aliphatic heterocycles. The second kappa shape index (κ2) is 6.69. The van der Waals surface area contributed by atoms with E-state index in [-0.39, 0.29) is 11.5 Å². The molecule has 2 aromatic carbocycles. The van der Waals surface area contributed by atoms with Crippen molar-refractivity contribution in [3.8, 4) is 28.3 Å². The van der Waals surface area contributed by atoms with Crippen molar-refractivity contribution in [1.82, 2.24) is 15.1 Å². The summed E-state index contributed by atoms with van der Waals surface area (Å²) in [6.45, 7) is 1.61. The molecule has 0 radical (unpaired) electrons. The Morgan fingerprint density at radius 2 is 1.89 bits per heavy atom. The highest BCUT2D eigenvalue weighted by molar-refractivity contribution is 6.34. The number of rotatable bonds is 3. The molecule has 2 heterocycles. The van der Waals surface area contributed by atoms with Crippen LogP contribution >= 0.6 is 11.6 Å². The van der Waals surface area contributed by atoms with Crippen LogP contribution in [0.25, 0.3) is 33.5 Å². The van der Waals surface area contributed by atoms with Gasteiger partial charge >= 0.3 is 0 Å². The highest BCUT2D eigenvalue weighted by atomic mass is 35.5. The van der Waals surface area contributed by atoms with Gasteiger partial charge in [0.05, 0.1) is 10.6 Å². The number of nitrogens with one attached hydrogen (secondary N) is 1. The molecule has 142 valence electrons. The zero-order chi connectivity index (χ0) is 20.0. The molecule has 7 nitrogen and oxygen atoms in total. The molecule has 0 fully saturated rings. The van der Waals surface area contributed by atoms with Crippen molar-refractivity contribution in [2.24, 2.45) is 0 Å². The third-order valence-corrected chi connectivity index (χ3v) is 4.80. The molecule has 2 aromatic heterocycles. The summed E-state index contributed by atoms with van der Waals surface area (Å²) in [6, 6.07) is 11.0. The maximum absolute atomic E-state index is 13.0. The van der Waals surface area contributed by atoms with Gasteiger partial charge in [0.2, 0.25) is 0 Å². The lowest BCUT2D eigenvalue weighted by molar-refractivity contribution is -0.265. The summed E-state index contributed by atoms with van der Waals surface area (Å²) in [6.07, 6.45) is 0. The number of anilines is 1. The normalized spacial score (nSPS) is 11.1. The van der Waals surface area contributed by atoms with Gasteiger partial charge in [-0.2, -0.15) is 4.98 Å². The lowest BCUT2D eigenvalue weighted by Gasteiger charge is -2.16. The summed E-state index contributed by atoms with van der Waals surface area (Å²) in [4.78, 5) is 21.1. The van der Waals surface area contributed by atoms with Gasteiger partial charge < -0.3 is 19.5 Å². The quantitative estimate of drug-likeness (QED) is 0.571. The fourth-order valence-electron chi connectivity index (χ4n) is 3.04. The van der Waals surface area contributed by atoms with E-state index in [0.29, 0.717) is 27.3 Å². The molecule has 0 aliphatic rings. The fraction of sp³-hybridized carbons (Fsp3) is 0.150. The molecule has 0 amide bonds. The summed E-state index contributed by atoms with van der Waals surface area (Å²) in [5, 5.41) is 17.4. The van der Waals surface area contributed by atoms with Gasteiger partial charge in [-0.25, -0.2) is 0 Å². The first-order valence-electron chi connectivity index (χ1n) is 8.50. The molecule has 1 N–H and O–H groups in total. The van der Waals surface area contributed by atoms with Crippen LogP contribution in [0.15, 0.2) is 45.7 Å². The number of pyridine rings is 1. The smallest absolute Gasteiger partial charge is 0.262 e. The van der Waals surface area contributed by atoms with Crippen LogP contribution in [-0.2, 0) is 0 Å². The number of benzene rings is 2. The standard InChI is InChI=1S/C20H17ClN4O3/c1-10-22-20(28-24-10)17-18(26)14-8-13(15(21)9-16(14)23-19(17)27)11-4-6-12(7-5-11)25(2)3/h4-9H,1-3H3,(H2,23,26,27)/p-1. The van der Waals surface area contributed by atoms with Gasteiger partial charge in [-0.1, -0.05) is 34.6 Å². The number of aryl methyl sites for hydroxylation is 1. The molecule has 4 rings (SSSR count). The Labute approximate surface area is 165 Å². The number of nitrogens with zero attached hydrogens (tertiary/aromatic N) is 3. The van der Waals surface area contributed by atoms with Crippen molar-refractivity contribution < 1.29 is 9.63 Å². The zero-order valence-corrected chi connectivity index (χ0v) is 16.2. The zero-order valence-electron chi connectivity index (χ0n) is 15.4. The second-order valence-electron chi connectivity index (χ2n) is 6.62. The predicted molar refractivity (Wildman–Crippen MR) is 107 cm³/mol. The van der Waals surface area contributed by atoms with Crippen molar-refractivity contribution in [1.29, 1.82) is 0 Å². The van der Waals surface area contributed by atoms with E-state index in [2.05, 4.69) is 15.1 Å². The fourth-order valence-corrected chi connectivity index (χ4v) is 3.31. The van der Waals surface area contributed by atoms with Crippen LogP contribution in [-0.4, -0.2) is 29.2 Å². The predicted octanol–water partition coefficient (Wildman–Crippen LogP) is 3.35. The van der Waals surface area contributed by atoms with E-state index in [1.807, 2.05) is 43.3 Å². The molecule has 0 saturated heterocycles.